The van der Waals surface area contributed by atoms with Crippen LogP contribution in [0.5, 0.6) is 0 Å². The number of unbranched alkanes of at least 4 members (excludes halogenated alkanes) is 5. The van der Waals surface area contributed by atoms with Crippen molar-refractivity contribution in [1.29, 1.82) is 0 Å². The first kappa shape index (κ1) is 26.7. The summed E-state index contributed by atoms with van der Waals surface area (Å²) in [6, 6.07) is 8.80. The molecule has 0 radical (unpaired) electrons. The van der Waals surface area contributed by atoms with Gasteiger partial charge < -0.3 is 24.4 Å². The highest BCUT2D eigenvalue weighted by Crippen LogP contribution is 2.36. The molecule has 2 unspecified atom stereocenters. The molecule has 1 amide bonds. The number of nitrogens with zero attached hydrogens (tertiary/aromatic N) is 1. The highest BCUT2D eigenvalue weighted by atomic mass is 16.7. The third-order valence-electron chi connectivity index (χ3n) is 6.24. The second-order valence-corrected chi connectivity index (χ2v) is 10.3. The van der Waals surface area contributed by atoms with E-state index in [0.29, 0.717) is 6.54 Å². The van der Waals surface area contributed by atoms with Crippen molar-refractivity contribution in [1.82, 2.24) is 4.90 Å². The van der Waals surface area contributed by atoms with Gasteiger partial charge in [-0.3, -0.25) is 4.90 Å². The predicted octanol–water partition coefficient (Wildman–Crippen LogP) is 4.73. The van der Waals surface area contributed by atoms with Crippen LogP contribution in [0.4, 0.5) is 4.79 Å². The largest absolute Gasteiger partial charge is 0.444 e. The van der Waals surface area contributed by atoms with Gasteiger partial charge in [0.05, 0.1) is 12.6 Å². The van der Waals surface area contributed by atoms with Crippen LogP contribution in [-0.4, -0.2) is 64.3 Å². The summed E-state index contributed by atoms with van der Waals surface area (Å²) in [5.41, 5.74) is 0.917. The molecule has 0 spiro atoms. The zero-order valence-corrected chi connectivity index (χ0v) is 21.0. The fraction of sp³-hybridized carbons (Fsp3) is 0.667. The van der Waals surface area contributed by atoms with Gasteiger partial charge in [0.15, 0.2) is 6.29 Å². The average molecular weight is 476 g/mol. The number of fused-ring (bicyclic) bond motifs is 1. The summed E-state index contributed by atoms with van der Waals surface area (Å²) < 4.78 is 17.6. The van der Waals surface area contributed by atoms with E-state index in [0.717, 1.165) is 30.4 Å². The molecule has 34 heavy (non-hydrogen) atoms. The van der Waals surface area contributed by atoms with Crippen molar-refractivity contribution in [3.05, 3.63) is 47.5 Å². The molecular formula is C27H41NO6. The van der Waals surface area contributed by atoms with Crippen LogP contribution < -0.4 is 0 Å². The van der Waals surface area contributed by atoms with Crippen LogP contribution in [0.25, 0.3) is 0 Å². The number of rotatable bonds is 9. The maximum Gasteiger partial charge on any atom is 0.410 e. The molecule has 7 heteroatoms. The Morgan fingerprint density at radius 2 is 1.74 bits per heavy atom. The maximum absolute atomic E-state index is 13.1. The van der Waals surface area contributed by atoms with E-state index in [4.69, 9.17) is 14.2 Å². The van der Waals surface area contributed by atoms with Gasteiger partial charge in [0.25, 0.3) is 0 Å². The number of hydrogen-bond donors (Lipinski definition) is 2. The summed E-state index contributed by atoms with van der Waals surface area (Å²) in [5, 5.41) is 22.0. The molecule has 3 rings (SSSR count). The second-order valence-electron chi connectivity index (χ2n) is 10.3. The summed E-state index contributed by atoms with van der Waals surface area (Å²) in [4.78, 5) is 14.6. The number of amides is 1. The normalized spacial score (nSPS) is 27.0. The highest BCUT2D eigenvalue weighted by molar-refractivity contribution is 5.69. The lowest BCUT2D eigenvalue weighted by atomic mass is 9.86. The van der Waals surface area contributed by atoms with Gasteiger partial charge in [-0.2, -0.15) is 0 Å². The minimum atomic E-state index is -1.20. The van der Waals surface area contributed by atoms with Gasteiger partial charge in [-0.25, -0.2) is 4.79 Å². The molecule has 1 aromatic carbocycles. The van der Waals surface area contributed by atoms with E-state index in [1.807, 2.05) is 57.2 Å². The van der Waals surface area contributed by atoms with Crippen molar-refractivity contribution in [3.8, 4) is 0 Å². The first-order chi connectivity index (χ1) is 16.2. The van der Waals surface area contributed by atoms with Crippen LogP contribution in [0.15, 0.2) is 42.0 Å². The van der Waals surface area contributed by atoms with E-state index < -0.39 is 42.3 Å². The molecule has 0 aromatic heterocycles. The summed E-state index contributed by atoms with van der Waals surface area (Å²) in [5.74, 6) is 0. The Morgan fingerprint density at radius 1 is 1.06 bits per heavy atom. The smallest absolute Gasteiger partial charge is 0.410 e. The van der Waals surface area contributed by atoms with Gasteiger partial charge in [-0.15, -0.1) is 0 Å². The highest BCUT2D eigenvalue weighted by Gasteiger charge is 2.46. The molecular weight excluding hydrogens is 434 g/mol. The van der Waals surface area contributed by atoms with Crippen molar-refractivity contribution >= 4 is 6.09 Å². The molecule has 1 aromatic rings. The van der Waals surface area contributed by atoms with Crippen LogP contribution in [0.2, 0.25) is 0 Å². The fourth-order valence-corrected chi connectivity index (χ4v) is 4.46. The monoisotopic (exact) mass is 475 g/mol. The number of aliphatic hydroxyl groups is 2. The third-order valence-corrected chi connectivity index (χ3v) is 6.24. The zero-order valence-electron chi connectivity index (χ0n) is 21.0. The van der Waals surface area contributed by atoms with E-state index in [1.54, 1.807) is 4.90 Å². The minimum absolute atomic E-state index is 0.254. The van der Waals surface area contributed by atoms with Crippen molar-refractivity contribution in [2.24, 2.45) is 0 Å². The molecule has 7 nitrogen and oxygen atoms in total. The predicted molar refractivity (Wildman–Crippen MR) is 130 cm³/mol. The SMILES string of the molecule is CCCCCCCCN(C(=O)OC(C)(C)C)[C@@H]1C=C2COC(c3ccccc3)O[C@@H]2C(O)[C@H]1O. The molecule has 1 fully saturated rings. The summed E-state index contributed by atoms with van der Waals surface area (Å²) in [6.45, 7) is 8.34. The molecule has 0 saturated carbocycles. The number of carbonyl (C=O) groups is 1. The van der Waals surface area contributed by atoms with Crippen LogP contribution in [0, 0.1) is 0 Å². The third kappa shape index (κ3) is 7.04. The van der Waals surface area contributed by atoms with Crippen LogP contribution in [0.3, 0.4) is 0 Å². The van der Waals surface area contributed by atoms with Crippen molar-refractivity contribution in [2.45, 2.75) is 102 Å². The topological polar surface area (TPSA) is 88.5 Å². The van der Waals surface area contributed by atoms with Gasteiger partial charge in [0, 0.05) is 12.1 Å². The molecule has 2 aliphatic rings. The molecule has 0 bridgehead atoms. The standard InChI is InChI=1S/C27H41NO6/c1-5-6-7-8-9-13-16-28(26(31)34-27(2,3)4)21-17-20-18-32-25(19-14-11-10-12-15-19)33-24(20)23(30)22(21)29/h10-12,14-15,17,21-25,29-30H,5-9,13,16,18H2,1-4H3/t21-,22+,23?,24+,25?/m1/s1. The molecule has 1 aliphatic heterocycles. The summed E-state index contributed by atoms with van der Waals surface area (Å²) in [6.07, 6.45) is 4.09. The van der Waals surface area contributed by atoms with Gasteiger partial charge in [-0.1, -0.05) is 75.4 Å². The first-order valence-corrected chi connectivity index (χ1v) is 12.6. The van der Waals surface area contributed by atoms with E-state index in [9.17, 15) is 15.0 Å². The number of benzene rings is 1. The van der Waals surface area contributed by atoms with E-state index >= 15 is 0 Å². The van der Waals surface area contributed by atoms with Gasteiger partial charge in [0.2, 0.25) is 0 Å². The van der Waals surface area contributed by atoms with Crippen molar-refractivity contribution in [2.75, 3.05) is 13.2 Å². The molecule has 5 atom stereocenters. The number of ether oxygens (including phenoxy) is 3. The van der Waals surface area contributed by atoms with Crippen molar-refractivity contribution in [3.63, 3.8) is 0 Å². The molecule has 1 heterocycles. The Hall–Kier alpha value is -1.93. The van der Waals surface area contributed by atoms with Gasteiger partial charge >= 0.3 is 6.09 Å². The zero-order chi connectivity index (χ0) is 24.7. The number of aliphatic hydroxyl groups excluding tert-OH is 2. The Bertz CT molecular complexity index is 805. The average Bonchev–Trinajstić information content (AvgIpc) is 2.80. The molecule has 2 N–H and O–H groups in total. The second kappa shape index (κ2) is 12.2. The lowest BCUT2D eigenvalue weighted by molar-refractivity contribution is -0.228. The first-order valence-electron chi connectivity index (χ1n) is 12.6. The summed E-state index contributed by atoms with van der Waals surface area (Å²) in [7, 11) is 0. The maximum atomic E-state index is 13.1. The van der Waals surface area contributed by atoms with Crippen LogP contribution in [-0.2, 0) is 14.2 Å². The van der Waals surface area contributed by atoms with E-state index in [-0.39, 0.29) is 6.61 Å². The Morgan fingerprint density at radius 3 is 2.41 bits per heavy atom. The fourth-order valence-electron chi connectivity index (χ4n) is 4.46. The van der Waals surface area contributed by atoms with Gasteiger partial charge in [0.1, 0.15) is 23.9 Å². The number of carbonyl (C=O) groups excluding carboxylic acids is 1. The Labute approximate surface area is 203 Å². The molecule has 190 valence electrons. The van der Waals surface area contributed by atoms with E-state index in [1.165, 1.54) is 19.3 Å². The Kier molecular flexibility index (Phi) is 9.54. The Balaban J connectivity index is 1.74. The lowest BCUT2D eigenvalue weighted by Gasteiger charge is -2.44. The molecule has 1 aliphatic carbocycles. The van der Waals surface area contributed by atoms with Crippen LogP contribution in [0.1, 0.15) is 78.1 Å². The summed E-state index contributed by atoms with van der Waals surface area (Å²) >= 11 is 0. The molecule has 1 saturated heterocycles. The van der Waals surface area contributed by atoms with Crippen LogP contribution >= 0.6 is 0 Å². The minimum Gasteiger partial charge on any atom is -0.444 e. The lowest BCUT2D eigenvalue weighted by Crippen LogP contribution is -2.59. The quantitative estimate of drug-likeness (QED) is 0.397. The van der Waals surface area contributed by atoms with Crippen molar-refractivity contribution < 1.29 is 29.2 Å². The van der Waals surface area contributed by atoms with E-state index in [2.05, 4.69) is 6.92 Å². The number of hydrogen-bond acceptors (Lipinski definition) is 6. The van der Waals surface area contributed by atoms with Gasteiger partial charge in [-0.05, 0) is 32.8 Å².